The van der Waals surface area contributed by atoms with E-state index >= 15 is 0 Å². The van der Waals surface area contributed by atoms with E-state index in [0.717, 1.165) is 12.8 Å². The fourth-order valence-electron chi connectivity index (χ4n) is 2.61. The molecular formula is C12H17NO3. The quantitative estimate of drug-likeness (QED) is 0.674. The summed E-state index contributed by atoms with van der Waals surface area (Å²) in [6.07, 6.45) is 3.12. The highest BCUT2D eigenvalue weighted by Gasteiger charge is 2.49. The minimum Gasteiger partial charge on any atom is -0.300 e. The molecule has 0 aromatic rings. The zero-order valence-electron chi connectivity index (χ0n) is 9.57. The molecule has 0 bridgehead atoms. The Morgan fingerprint density at radius 2 is 1.88 bits per heavy atom. The average molecular weight is 223 g/mol. The van der Waals surface area contributed by atoms with Gasteiger partial charge in [0.1, 0.15) is 5.78 Å². The van der Waals surface area contributed by atoms with E-state index in [-0.39, 0.29) is 35.9 Å². The number of hydrogen-bond donors (Lipinski definition) is 0. The Balaban J connectivity index is 2.11. The Labute approximate surface area is 95.0 Å². The fourth-order valence-corrected chi connectivity index (χ4v) is 2.61. The molecule has 2 fully saturated rings. The summed E-state index contributed by atoms with van der Waals surface area (Å²) < 4.78 is 0. The van der Waals surface area contributed by atoms with Crippen LogP contribution >= 0.6 is 0 Å². The molecule has 2 amide bonds. The molecule has 0 N–H and O–H groups in total. The number of carbonyl (C=O) groups excluding carboxylic acids is 3. The first kappa shape index (κ1) is 11.3. The lowest BCUT2D eigenvalue weighted by molar-refractivity contribution is -0.140. The minimum absolute atomic E-state index is 0.0454. The van der Waals surface area contributed by atoms with Crippen LogP contribution in [0.25, 0.3) is 0 Å². The molecule has 1 heterocycles. The number of likely N-dealkylation sites (tertiary alicyclic amines) is 1. The van der Waals surface area contributed by atoms with Crippen LogP contribution in [0, 0.1) is 11.8 Å². The van der Waals surface area contributed by atoms with Crippen LogP contribution in [0.5, 0.6) is 0 Å². The highest BCUT2D eigenvalue weighted by atomic mass is 16.2. The molecule has 16 heavy (non-hydrogen) atoms. The fraction of sp³-hybridized carbons (Fsp3) is 0.750. The predicted molar refractivity (Wildman–Crippen MR) is 57.5 cm³/mol. The van der Waals surface area contributed by atoms with Gasteiger partial charge in [-0.3, -0.25) is 19.3 Å². The Kier molecular flexibility index (Phi) is 3.08. The first-order chi connectivity index (χ1) is 7.65. The van der Waals surface area contributed by atoms with E-state index in [1.807, 2.05) is 6.92 Å². The summed E-state index contributed by atoms with van der Waals surface area (Å²) in [6.45, 7) is 2.55. The Morgan fingerprint density at radius 1 is 1.19 bits per heavy atom. The van der Waals surface area contributed by atoms with Crippen molar-refractivity contribution in [2.75, 3.05) is 6.54 Å². The van der Waals surface area contributed by atoms with Crippen molar-refractivity contribution < 1.29 is 14.4 Å². The van der Waals surface area contributed by atoms with Gasteiger partial charge in [0.15, 0.2) is 0 Å². The van der Waals surface area contributed by atoms with Gasteiger partial charge in [0, 0.05) is 19.4 Å². The van der Waals surface area contributed by atoms with Gasteiger partial charge in [-0.05, 0) is 12.8 Å². The van der Waals surface area contributed by atoms with E-state index in [9.17, 15) is 14.4 Å². The number of imide groups is 1. The molecule has 2 atom stereocenters. The Morgan fingerprint density at radius 3 is 2.56 bits per heavy atom. The normalized spacial score (nSPS) is 29.8. The molecule has 4 nitrogen and oxygen atoms in total. The number of carbonyl (C=O) groups is 3. The summed E-state index contributed by atoms with van der Waals surface area (Å²) in [4.78, 5) is 36.6. The van der Waals surface area contributed by atoms with Gasteiger partial charge in [-0.1, -0.05) is 13.3 Å². The summed E-state index contributed by atoms with van der Waals surface area (Å²) in [5, 5.41) is 0. The van der Waals surface area contributed by atoms with E-state index in [0.29, 0.717) is 19.4 Å². The third-order valence-corrected chi connectivity index (χ3v) is 3.57. The van der Waals surface area contributed by atoms with Gasteiger partial charge in [-0.25, -0.2) is 0 Å². The number of hydrogen-bond acceptors (Lipinski definition) is 3. The summed E-state index contributed by atoms with van der Waals surface area (Å²) in [5.41, 5.74) is 0. The number of unbranched alkanes of at least 4 members (excludes halogenated alkanes) is 1. The maximum Gasteiger partial charge on any atom is 0.233 e. The Bertz CT molecular complexity index is 337. The summed E-state index contributed by atoms with van der Waals surface area (Å²) in [7, 11) is 0. The third kappa shape index (κ3) is 1.77. The second-order valence-corrected chi connectivity index (χ2v) is 4.68. The van der Waals surface area contributed by atoms with Crippen molar-refractivity contribution in [3.63, 3.8) is 0 Å². The van der Waals surface area contributed by atoms with Crippen LogP contribution in [-0.2, 0) is 14.4 Å². The van der Waals surface area contributed by atoms with Crippen LogP contribution in [0.2, 0.25) is 0 Å². The lowest BCUT2D eigenvalue weighted by atomic mass is 9.80. The molecule has 0 spiro atoms. The van der Waals surface area contributed by atoms with Gasteiger partial charge in [0.2, 0.25) is 11.8 Å². The van der Waals surface area contributed by atoms with E-state index in [2.05, 4.69) is 0 Å². The van der Waals surface area contributed by atoms with Crippen molar-refractivity contribution in [2.45, 2.75) is 39.0 Å². The first-order valence-electron chi connectivity index (χ1n) is 6.02. The third-order valence-electron chi connectivity index (χ3n) is 3.57. The lowest BCUT2D eigenvalue weighted by Gasteiger charge is -2.18. The van der Waals surface area contributed by atoms with Crippen molar-refractivity contribution in [1.29, 1.82) is 0 Å². The molecule has 2 aliphatic rings. The number of ketones is 1. The molecule has 1 aliphatic heterocycles. The zero-order valence-corrected chi connectivity index (χ0v) is 9.57. The summed E-state index contributed by atoms with van der Waals surface area (Å²) >= 11 is 0. The largest absolute Gasteiger partial charge is 0.300 e. The monoisotopic (exact) mass is 223 g/mol. The van der Waals surface area contributed by atoms with Crippen molar-refractivity contribution >= 4 is 17.6 Å². The van der Waals surface area contributed by atoms with Crippen molar-refractivity contribution in [3.05, 3.63) is 0 Å². The number of rotatable bonds is 3. The van der Waals surface area contributed by atoms with Crippen LogP contribution in [-0.4, -0.2) is 29.0 Å². The van der Waals surface area contributed by atoms with E-state index < -0.39 is 0 Å². The van der Waals surface area contributed by atoms with E-state index in [1.165, 1.54) is 4.90 Å². The number of fused-ring (bicyclic) bond motifs is 1. The second-order valence-electron chi connectivity index (χ2n) is 4.68. The first-order valence-corrected chi connectivity index (χ1v) is 6.02. The molecule has 0 radical (unpaired) electrons. The predicted octanol–water partition coefficient (Wildman–Crippen LogP) is 1.14. The van der Waals surface area contributed by atoms with Gasteiger partial charge in [0.05, 0.1) is 11.8 Å². The number of nitrogens with zero attached hydrogens (tertiary/aromatic N) is 1. The smallest absolute Gasteiger partial charge is 0.233 e. The van der Waals surface area contributed by atoms with Crippen LogP contribution in [0.4, 0.5) is 0 Å². The minimum atomic E-state index is -0.342. The van der Waals surface area contributed by atoms with Gasteiger partial charge >= 0.3 is 0 Å². The number of Topliss-reactive ketones (excluding diaryl/α,β-unsaturated/α-hetero) is 1. The van der Waals surface area contributed by atoms with Crippen molar-refractivity contribution in [1.82, 2.24) is 4.90 Å². The number of amides is 2. The lowest BCUT2D eigenvalue weighted by Crippen LogP contribution is -2.32. The Hall–Kier alpha value is -1.19. The van der Waals surface area contributed by atoms with Crippen molar-refractivity contribution in [3.8, 4) is 0 Å². The van der Waals surface area contributed by atoms with Crippen LogP contribution in [0.1, 0.15) is 39.0 Å². The summed E-state index contributed by atoms with van der Waals surface area (Å²) in [6, 6.07) is 0. The molecular weight excluding hydrogens is 206 g/mol. The van der Waals surface area contributed by atoms with Crippen LogP contribution in [0.3, 0.4) is 0 Å². The molecule has 1 aliphatic carbocycles. The van der Waals surface area contributed by atoms with E-state index in [1.54, 1.807) is 0 Å². The molecule has 1 saturated heterocycles. The average Bonchev–Trinajstić information content (AvgIpc) is 2.50. The molecule has 4 heteroatoms. The molecule has 88 valence electrons. The SMILES string of the molecule is CCCCN1C(=O)[C@H]2CCC(=O)C[C@@H]2C1=O. The zero-order chi connectivity index (χ0) is 11.7. The van der Waals surface area contributed by atoms with Gasteiger partial charge in [-0.2, -0.15) is 0 Å². The van der Waals surface area contributed by atoms with Gasteiger partial charge in [-0.15, -0.1) is 0 Å². The van der Waals surface area contributed by atoms with Crippen LogP contribution < -0.4 is 0 Å². The highest BCUT2D eigenvalue weighted by molar-refractivity contribution is 6.07. The molecule has 1 saturated carbocycles. The van der Waals surface area contributed by atoms with Crippen LogP contribution in [0.15, 0.2) is 0 Å². The highest BCUT2D eigenvalue weighted by Crippen LogP contribution is 2.36. The maximum absolute atomic E-state index is 12.0. The molecule has 0 aromatic carbocycles. The molecule has 0 aromatic heterocycles. The second kappa shape index (κ2) is 4.36. The van der Waals surface area contributed by atoms with Gasteiger partial charge in [0.25, 0.3) is 0 Å². The molecule has 2 rings (SSSR count). The standard InChI is InChI=1S/C12H17NO3/c1-2-3-6-13-11(15)9-5-4-8(14)7-10(9)12(13)16/h9-10H,2-7H2,1H3/t9-,10-/m0/s1. The topological polar surface area (TPSA) is 54.5 Å². The summed E-state index contributed by atoms with van der Waals surface area (Å²) in [5.74, 6) is -0.583. The maximum atomic E-state index is 12.0. The molecule has 0 unspecified atom stereocenters. The van der Waals surface area contributed by atoms with Gasteiger partial charge < -0.3 is 0 Å². The van der Waals surface area contributed by atoms with Crippen molar-refractivity contribution in [2.24, 2.45) is 11.8 Å². The van der Waals surface area contributed by atoms with E-state index in [4.69, 9.17) is 0 Å².